The van der Waals surface area contributed by atoms with Gasteiger partial charge >= 0.3 is 5.97 Å². The fraction of sp³-hybridized carbons (Fsp3) is 0.200. The van der Waals surface area contributed by atoms with Crippen LogP contribution in [0.25, 0.3) is 10.8 Å². The number of aromatic nitrogens is 2. The molecule has 1 aromatic heterocycles. The van der Waals surface area contributed by atoms with Crippen molar-refractivity contribution < 1.29 is 14.3 Å². The standard InChI is InChI=1S/C20H19N3O4/c1-12(2)23-19(25)15-11-7-6-10-14(15)16(22-23)20(26)27-17(18(21)24)13-8-4-3-5-9-13/h3-12,17H,1-2H3,(H2,21,24). The van der Waals surface area contributed by atoms with Gasteiger partial charge in [0.1, 0.15) is 0 Å². The van der Waals surface area contributed by atoms with Crippen LogP contribution < -0.4 is 11.3 Å². The van der Waals surface area contributed by atoms with Crippen molar-refractivity contribution >= 4 is 22.6 Å². The van der Waals surface area contributed by atoms with Crippen LogP contribution in [0.15, 0.2) is 59.4 Å². The number of hydrogen-bond donors (Lipinski definition) is 1. The third-order valence-corrected chi connectivity index (χ3v) is 4.10. The molecular weight excluding hydrogens is 346 g/mol. The molecule has 0 spiro atoms. The molecule has 0 aliphatic carbocycles. The van der Waals surface area contributed by atoms with Gasteiger partial charge in [-0.05, 0) is 19.9 Å². The molecule has 1 heterocycles. The molecule has 138 valence electrons. The van der Waals surface area contributed by atoms with E-state index in [1.807, 2.05) is 0 Å². The summed E-state index contributed by atoms with van der Waals surface area (Å²) in [5.41, 5.74) is 5.54. The minimum Gasteiger partial charge on any atom is -0.443 e. The van der Waals surface area contributed by atoms with Crippen molar-refractivity contribution in [1.29, 1.82) is 0 Å². The number of amides is 1. The minimum absolute atomic E-state index is 0.0407. The summed E-state index contributed by atoms with van der Waals surface area (Å²) in [6, 6.07) is 14.9. The molecule has 1 atom stereocenters. The van der Waals surface area contributed by atoms with E-state index in [-0.39, 0.29) is 17.3 Å². The molecule has 0 saturated heterocycles. The summed E-state index contributed by atoms with van der Waals surface area (Å²) in [5, 5.41) is 4.90. The van der Waals surface area contributed by atoms with E-state index in [0.29, 0.717) is 16.3 Å². The van der Waals surface area contributed by atoms with E-state index in [4.69, 9.17) is 10.5 Å². The Morgan fingerprint density at radius 3 is 2.19 bits per heavy atom. The van der Waals surface area contributed by atoms with Crippen LogP contribution in [-0.2, 0) is 9.53 Å². The number of nitrogens with zero attached hydrogens (tertiary/aromatic N) is 2. The van der Waals surface area contributed by atoms with Crippen LogP contribution in [-0.4, -0.2) is 21.7 Å². The number of benzene rings is 2. The summed E-state index contributed by atoms with van der Waals surface area (Å²) in [6.07, 6.45) is -1.25. The van der Waals surface area contributed by atoms with Gasteiger partial charge in [-0.25, -0.2) is 9.48 Å². The van der Waals surface area contributed by atoms with Gasteiger partial charge in [0.15, 0.2) is 5.69 Å². The largest absolute Gasteiger partial charge is 0.443 e. The van der Waals surface area contributed by atoms with Gasteiger partial charge < -0.3 is 10.5 Å². The molecule has 2 aromatic carbocycles. The Kier molecular flexibility index (Phi) is 5.03. The number of carbonyl (C=O) groups is 2. The SMILES string of the molecule is CC(C)n1nc(C(=O)OC(C(N)=O)c2ccccc2)c2ccccc2c1=O. The quantitative estimate of drug-likeness (QED) is 0.699. The van der Waals surface area contributed by atoms with Crippen LogP contribution in [0.1, 0.15) is 42.0 Å². The highest BCUT2D eigenvalue weighted by atomic mass is 16.5. The molecule has 3 aromatic rings. The second kappa shape index (κ2) is 7.41. The zero-order chi connectivity index (χ0) is 19.6. The Bertz CT molecular complexity index is 1060. The molecule has 27 heavy (non-hydrogen) atoms. The smallest absolute Gasteiger partial charge is 0.360 e. The first kappa shape index (κ1) is 18.3. The minimum atomic E-state index is -1.25. The summed E-state index contributed by atoms with van der Waals surface area (Å²) in [7, 11) is 0. The predicted molar refractivity (Wildman–Crippen MR) is 100 cm³/mol. The molecule has 7 nitrogen and oxygen atoms in total. The zero-order valence-electron chi connectivity index (χ0n) is 15.0. The van der Waals surface area contributed by atoms with Crippen molar-refractivity contribution in [3.05, 3.63) is 76.2 Å². The first-order chi connectivity index (χ1) is 12.9. The van der Waals surface area contributed by atoms with Crippen LogP contribution in [0.2, 0.25) is 0 Å². The Labute approximate surface area is 155 Å². The Morgan fingerprint density at radius 1 is 1.00 bits per heavy atom. The normalized spacial score (nSPS) is 12.1. The summed E-state index contributed by atoms with van der Waals surface area (Å²) >= 11 is 0. The predicted octanol–water partition coefficient (Wildman–Crippen LogP) is 2.36. The lowest BCUT2D eigenvalue weighted by atomic mass is 10.1. The van der Waals surface area contributed by atoms with E-state index in [2.05, 4.69) is 5.10 Å². The van der Waals surface area contributed by atoms with Gasteiger partial charge in [-0.1, -0.05) is 48.5 Å². The van der Waals surface area contributed by atoms with E-state index in [0.717, 1.165) is 0 Å². The van der Waals surface area contributed by atoms with E-state index >= 15 is 0 Å². The molecule has 0 saturated carbocycles. The Morgan fingerprint density at radius 2 is 1.59 bits per heavy atom. The monoisotopic (exact) mass is 365 g/mol. The molecule has 1 amide bonds. The van der Waals surface area contributed by atoms with Gasteiger partial charge in [-0.3, -0.25) is 9.59 Å². The molecule has 0 fully saturated rings. The second-order valence-corrected chi connectivity index (χ2v) is 6.34. The van der Waals surface area contributed by atoms with Crippen molar-refractivity contribution in [3.63, 3.8) is 0 Å². The number of carbonyl (C=O) groups excluding carboxylic acids is 2. The van der Waals surface area contributed by atoms with Gasteiger partial charge in [0, 0.05) is 10.9 Å². The summed E-state index contributed by atoms with van der Waals surface area (Å²) in [4.78, 5) is 37.2. The first-order valence-corrected chi connectivity index (χ1v) is 8.47. The van der Waals surface area contributed by atoms with E-state index in [1.165, 1.54) is 4.68 Å². The Hall–Kier alpha value is -3.48. The highest BCUT2D eigenvalue weighted by Crippen LogP contribution is 2.21. The third-order valence-electron chi connectivity index (χ3n) is 4.10. The average molecular weight is 365 g/mol. The lowest BCUT2D eigenvalue weighted by molar-refractivity contribution is -0.127. The Balaban J connectivity index is 2.09. The molecule has 0 bridgehead atoms. The second-order valence-electron chi connectivity index (χ2n) is 6.34. The van der Waals surface area contributed by atoms with Gasteiger partial charge in [-0.15, -0.1) is 0 Å². The highest BCUT2D eigenvalue weighted by molar-refractivity contribution is 6.02. The highest BCUT2D eigenvalue weighted by Gasteiger charge is 2.26. The molecule has 7 heteroatoms. The van der Waals surface area contributed by atoms with Crippen LogP contribution >= 0.6 is 0 Å². The van der Waals surface area contributed by atoms with E-state index < -0.39 is 18.0 Å². The maximum absolute atomic E-state index is 12.8. The van der Waals surface area contributed by atoms with Gasteiger partial charge in [0.05, 0.1) is 11.4 Å². The summed E-state index contributed by atoms with van der Waals surface area (Å²) in [6.45, 7) is 3.57. The molecule has 1 unspecified atom stereocenters. The average Bonchev–Trinajstić information content (AvgIpc) is 2.66. The van der Waals surface area contributed by atoms with E-state index in [9.17, 15) is 14.4 Å². The number of fused-ring (bicyclic) bond motifs is 1. The number of esters is 1. The molecular formula is C20H19N3O4. The molecule has 3 rings (SSSR count). The van der Waals surface area contributed by atoms with Crippen molar-refractivity contribution in [2.75, 3.05) is 0 Å². The first-order valence-electron chi connectivity index (χ1n) is 8.47. The van der Waals surface area contributed by atoms with Gasteiger partial charge in [-0.2, -0.15) is 5.10 Å². The van der Waals surface area contributed by atoms with Crippen molar-refractivity contribution in [2.24, 2.45) is 5.73 Å². The maximum Gasteiger partial charge on any atom is 0.360 e. The number of hydrogen-bond acceptors (Lipinski definition) is 5. The summed E-state index contributed by atoms with van der Waals surface area (Å²) in [5.74, 6) is -1.62. The van der Waals surface area contributed by atoms with Crippen LogP contribution in [0, 0.1) is 0 Å². The van der Waals surface area contributed by atoms with Crippen LogP contribution in [0.4, 0.5) is 0 Å². The van der Waals surface area contributed by atoms with Gasteiger partial charge in [0.25, 0.3) is 11.5 Å². The maximum atomic E-state index is 12.8. The molecule has 0 aliphatic heterocycles. The summed E-state index contributed by atoms with van der Waals surface area (Å²) < 4.78 is 6.60. The topological polar surface area (TPSA) is 104 Å². The lowest BCUT2D eigenvalue weighted by Gasteiger charge is -2.17. The molecule has 0 aliphatic rings. The number of nitrogens with two attached hydrogens (primary N) is 1. The van der Waals surface area contributed by atoms with E-state index in [1.54, 1.807) is 68.4 Å². The number of ether oxygens (including phenoxy) is 1. The number of primary amides is 1. The van der Waals surface area contributed by atoms with Crippen LogP contribution in [0.3, 0.4) is 0 Å². The molecule has 2 N–H and O–H groups in total. The fourth-order valence-electron chi connectivity index (χ4n) is 2.79. The number of rotatable bonds is 5. The van der Waals surface area contributed by atoms with Crippen molar-refractivity contribution in [2.45, 2.75) is 26.0 Å². The zero-order valence-corrected chi connectivity index (χ0v) is 15.0. The molecule has 0 radical (unpaired) electrons. The van der Waals surface area contributed by atoms with Crippen molar-refractivity contribution in [3.8, 4) is 0 Å². The van der Waals surface area contributed by atoms with Gasteiger partial charge in [0.2, 0.25) is 6.10 Å². The lowest BCUT2D eigenvalue weighted by Crippen LogP contribution is -2.30. The van der Waals surface area contributed by atoms with Crippen molar-refractivity contribution in [1.82, 2.24) is 9.78 Å². The van der Waals surface area contributed by atoms with Crippen LogP contribution in [0.5, 0.6) is 0 Å². The fourth-order valence-corrected chi connectivity index (χ4v) is 2.79. The third kappa shape index (κ3) is 3.57.